The molecule has 74 valence electrons. The number of pyridine rings is 1. The summed E-state index contributed by atoms with van der Waals surface area (Å²) < 4.78 is 2.35. The number of nitriles is 1. The number of carboxylic acids is 1. The van der Waals surface area contributed by atoms with E-state index in [4.69, 9.17) is 10.4 Å². The number of aromatic nitrogens is 2. The Morgan fingerprint density at radius 1 is 1.67 bits per heavy atom. The molecule has 0 spiro atoms. The van der Waals surface area contributed by atoms with Crippen molar-refractivity contribution in [1.82, 2.24) is 9.38 Å². The lowest BCUT2D eigenvalue weighted by Crippen LogP contribution is -2.01. The van der Waals surface area contributed by atoms with Gasteiger partial charge in [-0.25, -0.2) is 9.78 Å². The lowest BCUT2D eigenvalue weighted by Gasteiger charge is -2.00. The van der Waals surface area contributed by atoms with Gasteiger partial charge in [-0.1, -0.05) is 0 Å². The first-order chi connectivity index (χ1) is 7.13. The summed E-state index contributed by atoms with van der Waals surface area (Å²) in [4.78, 5) is 14.8. The van der Waals surface area contributed by atoms with Gasteiger partial charge in [-0.2, -0.15) is 5.26 Å². The third-order valence-corrected chi connectivity index (χ3v) is 2.73. The average Bonchev–Trinajstić information content (AvgIpc) is 2.59. The second-order valence-electron chi connectivity index (χ2n) is 2.83. The average molecular weight is 313 g/mol. The Balaban J connectivity index is 2.87. The lowest BCUT2D eigenvalue weighted by atomic mass is 10.2. The first kappa shape index (κ1) is 9.92. The van der Waals surface area contributed by atoms with E-state index in [0.29, 0.717) is 5.65 Å². The van der Waals surface area contributed by atoms with Crippen LogP contribution < -0.4 is 0 Å². The minimum atomic E-state index is -1.06. The highest BCUT2D eigenvalue weighted by atomic mass is 127. The molecule has 6 heteroatoms. The van der Waals surface area contributed by atoms with Gasteiger partial charge in [-0.15, -0.1) is 0 Å². The van der Waals surface area contributed by atoms with E-state index in [-0.39, 0.29) is 11.1 Å². The van der Waals surface area contributed by atoms with Crippen LogP contribution in [0.25, 0.3) is 5.65 Å². The molecule has 0 aliphatic carbocycles. The number of aromatic carboxylic acids is 1. The lowest BCUT2D eigenvalue weighted by molar-refractivity contribution is 0.0696. The van der Waals surface area contributed by atoms with Crippen LogP contribution in [0.15, 0.2) is 18.5 Å². The number of carbonyl (C=O) groups is 1. The minimum absolute atomic E-state index is 0.0787. The first-order valence-electron chi connectivity index (χ1n) is 3.93. The van der Waals surface area contributed by atoms with Gasteiger partial charge in [0.1, 0.15) is 9.77 Å². The number of halogens is 1. The van der Waals surface area contributed by atoms with Crippen molar-refractivity contribution in [3.05, 3.63) is 33.3 Å². The van der Waals surface area contributed by atoms with Crippen LogP contribution in [0, 0.1) is 15.0 Å². The SMILES string of the molecule is N#Cc1cc(C(=O)O)cn2c(I)cnc12. The van der Waals surface area contributed by atoms with E-state index in [1.165, 1.54) is 12.3 Å². The third kappa shape index (κ3) is 1.55. The quantitative estimate of drug-likeness (QED) is 0.810. The Labute approximate surface area is 98.1 Å². The summed E-state index contributed by atoms with van der Waals surface area (Å²) >= 11 is 2.02. The van der Waals surface area contributed by atoms with Gasteiger partial charge in [0.2, 0.25) is 0 Å². The molecule has 0 unspecified atom stereocenters. The van der Waals surface area contributed by atoms with Crippen LogP contribution in [0.2, 0.25) is 0 Å². The highest BCUT2D eigenvalue weighted by Gasteiger charge is 2.11. The maximum atomic E-state index is 10.8. The summed E-state index contributed by atoms with van der Waals surface area (Å²) in [6.07, 6.45) is 3.04. The van der Waals surface area contributed by atoms with Gasteiger partial charge >= 0.3 is 5.97 Å². The topological polar surface area (TPSA) is 78.4 Å². The largest absolute Gasteiger partial charge is 0.478 e. The number of imidazole rings is 1. The molecule has 2 aromatic heterocycles. The molecule has 0 amide bonds. The highest BCUT2D eigenvalue weighted by Crippen LogP contribution is 2.15. The van der Waals surface area contributed by atoms with Crippen LogP contribution in [0.5, 0.6) is 0 Å². The van der Waals surface area contributed by atoms with E-state index >= 15 is 0 Å². The van der Waals surface area contributed by atoms with E-state index in [9.17, 15) is 4.79 Å². The van der Waals surface area contributed by atoms with E-state index in [1.807, 2.05) is 28.7 Å². The number of carboxylic acid groups (broad SMARTS) is 1. The van der Waals surface area contributed by atoms with E-state index in [1.54, 1.807) is 10.6 Å². The van der Waals surface area contributed by atoms with E-state index in [2.05, 4.69) is 4.98 Å². The van der Waals surface area contributed by atoms with Crippen molar-refractivity contribution >= 4 is 34.2 Å². The van der Waals surface area contributed by atoms with Crippen LogP contribution in [0.4, 0.5) is 0 Å². The summed E-state index contributed by atoms with van der Waals surface area (Å²) in [6.45, 7) is 0. The van der Waals surface area contributed by atoms with Gasteiger partial charge in [0, 0.05) is 6.20 Å². The van der Waals surface area contributed by atoms with Crippen LogP contribution in [0.1, 0.15) is 15.9 Å². The predicted octanol–water partition coefficient (Wildman–Crippen LogP) is 1.51. The number of rotatable bonds is 1. The summed E-state index contributed by atoms with van der Waals surface area (Å²) in [7, 11) is 0. The number of nitrogens with zero attached hydrogens (tertiary/aromatic N) is 3. The second-order valence-corrected chi connectivity index (χ2v) is 3.94. The van der Waals surface area contributed by atoms with Crippen molar-refractivity contribution in [3.8, 4) is 6.07 Å². The molecule has 0 bridgehead atoms. The Kier molecular flexibility index (Phi) is 2.32. The monoisotopic (exact) mass is 313 g/mol. The fourth-order valence-electron chi connectivity index (χ4n) is 1.26. The van der Waals surface area contributed by atoms with Gasteiger partial charge < -0.3 is 5.11 Å². The molecule has 15 heavy (non-hydrogen) atoms. The standard InChI is InChI=1S/C9H4IN3O2/c10-7-3-12-8-5(2-11)1-6(9(14)15)4-13(7)8/h1,3-4H,(H,14,15). The molecule has 0 aliphatic heterocycles. The highest BCUT2D eigenvalue weighted by molar-refractivity contribution is 14.1. The van der Waals surface area contributed by atoms with Crippen LogP contribution in [0.3, 0.4) is 0 Å². The van der Waals surface area contributed by atoms with Gasteiger partial charge in [-0.3, -0.25) is 4.40 Å². The molecule has 1 N–H and O–H groups in total. The normalized spacial score (nSPS) is 10.1. The van der Waals surface area contributed by atoms with E-state index < -0.39 is 5.97 Å². The zero-order valence-corrected chi connectivity index (χ0v) is 9.46. The van der Waals surface area contributed by atoms with Crippen molar-refractivity contribution in [2.75, 3.05) is 0 Å². The fourth-order valence-corrected chi connectivity index (χ4v) is 1.76. The Hall–Kier alpha value is -1.62. The summed E-state index contributed by atoms with van der Waals surface area (Å²) in [5.41, 5.74) is 0.819. The molecule has 0 saturated carbocycles. The smallest absolute Gasteiger partial charge is 0.337 e. The maximum absolute atomic E-state index is 10.8. The number of fused-ring (bicyclic) bond motifs is 1. The predicted molar refractivity (Wildman–Crippen MR) is 59.6 cm³/mol. The van der Waals surface area contributed by atoms with Crippen molar-refractivity contribution in [3.63, 3.8) is 0 Å². The van der Waals surface area contributed by atoms with Crippen molar-refractivity contribution in [2.24, 2.45) is 0 Å². The van der Waals surface area contributed by atoms with Crippen LogP contribution >= 0.6 is 22.6 Å². The van der Waals surface area contributed by atoms with Gasteiger partial charge in [0.05, 0.1) is 17.3 Å². The first-order valence-corrected chi connectivity index (χ1v) is 5.01. The molecule has 0 atom stereocenters. The Morgan fingerprint density at radius 3 is 3.00 bits per heavy atom. The van der Waals surface area contributed by atoms with Crippen LogP contribution in [-0.4, -0.2) is 20.5 Å². The van der Waals surface area contributed by atoms with Crippen molar-refractivity contribution in [1.29, 1.82) is 5.26 Å². The van der Waals surface area contributed by atoms with Crippen molar-refractivity contribution in [2.45, 2.75) is 0 Å². The third-order valence-electron chi connectivity index (χ3n) is 1.93. The van der Waals surface area contributed by atoms with E-state index in [0.717, 1.165) is 3.70 Å². The summed E-state index contributed by atoms with van der Waals surface area (Å²) in [5, 5.41) is 17.7. The molecular weight excluding hydrogens is 309 g/mol. The zero-order valence-electron chi connectivity index (χ0n) is 7.31. The minimum Gasteiger partial charge on any atom is -0.478 e. The molecule has 0 aromatic carbocycles. The Morgan fingerprint density at radius 2 is 2.40 bits per heavy atom. The van der Waals surface area contributed by atoms with Gasteiger partial charge in [-0.05, 0) is 28.7 Å². The zero-order chi connectivity index (χ0) is 11.0. The van der Waals surface area contributed by atoms with Gasteiger partial charge in [0.25, 0.3) is 0 Å². The molecule has 2 rings (SSSR count). The second kappa shape index (κ2) is 3.51. The molecule has 5 nitrogen and oxygen atoms in total. The molecule has 2 heterocycles. The summed E-state index contributed by atoms with van der Waals surface area (Å²) in [5.74, 6) is -1.06. The molecule has 0 saturated heterocycles. The molecular formula is C9H4IN3O2. The maximum Gasteiger partial charge on any atom is 0.337 e. The summed E-state index contributed by atoms with van der Waals surface area (Å²) in [6, 6.07) is 3.25. The van der Waals surface area contributed by atoms with Gasteiger partial charge in [0.15, 0.2) is 5.65 Å². The number of hydrogen-bond acceptors (Lipinski definition) is 3. The molecule has 0 radical (unpaired) electrons. The molecule has 0 fully saturated rings. The van der Waals surface area contributed by atoms with Crippen LogP contribution in [-0.2, 0) is 0 Å². The molecule has 2 aromatic rings. The fraction of sp³-hybridized carbons (Fsp3) is 0. The molecule has 0 aliphatic rings. The number of hydrogen-bond donors (Lipinski definition) is 1. The Bertz CT molecular complexity index is 597. The van der Waals surface area contributed by atoms with Crippen molar-refractivity contribution < 1.29 is 9.90 Å².